The van der Waals surface area contributed by atoms with Gasteiger partial charge in [-0.05, 0) is 12.5 Å². The van der Waals surface area contributed by atoms with Crippen LogP contribution in [0, 0.1) is 23.5 Å². The van der Waals surface area contributed by atoms with E-state index < -0.39 is 29.3 Å². The molecule has 0 aliphatic carbocycles. The highest BCUT2D eigenvalue weighted by molar-refractivity contribution is 5.93. The summed E-state index contributed by atoms with van der Waals surface area (Å²) in [5.74, 6) is 2.78. The molecule has 1 aromatic carbocycles. The van der Waals surface area contributed by atoms with Gasteiger partial charge in [-0.15, -0.1) is 0 Å². The molecule has 1 saturated heterocycles. The minimum atomic E-state index is -3.01. The maximum absolute atomic E-state index is 15.0. The van der Waals surface area contributed by atoms with E-state index in [0.29, 0.717) is 40.7 Å². The number of anilines is 1. The number of nitrogens with zero attached hydrogens (tertiary/aromatic N) is 6. The van der Waals surface area contributed by atoms with Gasteiger partial charge >= 0.3 is 6.55 Å². The van der Waals surface area contributed by atoms with Crippen LogP contribution < -0.4 is 5.73 Å². The van der Waals surface area contributed by atoms with E-state index in [2.05, 4.69) is 33.4 Å². The molecule has 9 nitrogen and oxygen atoms in total. The molecule has 1 aliphatic heterocycles. The van der Waals surface area contributed by atoms with Crippen molar-refractivity contribution in [3.05, 3.63) is 60.3 Å². The van der Waals surface area contributed by atoms with Crippen molar-refractivity contribution in [3.63, 3.8) is 0 Å². The Kier molecular flexibility index (Phi) is 6.50. The molecule has 0 bridgehead atoms. The molecule has 2 N–H and O–H groups in total. The number of imidazole rings is 1. The Bertz CT molecular complexity index is 1640. The van der Waals surface area contributed by atoms with Gasteiger partial charge in [0.25, 0.3) is 0 Å². The predicted molar refractivity (Wildman–Crippen MR) is 130 cm³/mol. The van der Waals surface area contributed by atoms with Gasteiger partial charge < -0.3 is 19.9 Å². The molecule has 1 amide bonds. The first kappa shape index (κ1) is 25.2. The number of nitrogens with two attached hydrogens (primary N) is 1. The molecule has 3 aromatic heterocycles. The highest BCUT2D eigenvalue weighted by Crippen LogP contribution is 2.34. The maximum Gasteiger partial charge on any atom is 0.320 e. The van der Waals surface area contributed by atoms with Crippen LogP contribution in [0.4, 0.5) is 23.4 Å². The van der Waals surface area contributed by atoms with E-state index in [4.69, 9.17) is 10.5 Å². The third-order valence-corrected chi connectivity index (χ3v) is 6.54. The van der Waals surface area contributed by atoms with Crippen LogP contribution in [0.3, 0.4) is 0 Å². The highest BCUT2D eigenvalue weighted by Gasteiger charge is 2.36. The zero-order valence-electron chi connectivity index (χ0n) is 20.0. The summed E-state index contributed by atoms with van der Waals surface area (Å²) < 4.78 is 63.5. The van der Waals surface area contributed by atoms with Crippen LogP contribution in [0.25, 0.3) is 22.1 Å². The number of benzene rings is 1. The molecule has 0 unspecified atom stereocenters. The molecule has 1 fully saturated rings. The van der Waals surface area contributed by atoms with E-state index in [9.17, 15) is 18.0 Å². The predicted octanol–water partition coefficient (Wildman–Crippen LogP) is 3.41. The number of alkyl halides is 2. The summed E-state index contributed by atoms with van der Waals surface area (Å²) in [4.78, 5) is 26.1. The average molecular weight is 527 g/mol. The largest absolute Gasteiger partial charge is 0.383 e. The number of fused-ring (bicyclic) bond motifs is 2. The number of hydrogen-bond acceptors (Lipinski definition) is 6. The summed E-state index contributed by atoms with van der Waals surface area (Å²) in [6.07, 6.45) is 5.44. The van der Waals surface area contributed by atoms with Crippen molar-refractivity contribution in [2.45, 2.75) is 25.1 Å². The lowest BCUT2D eigenvalue weighted by Gasteiger charge is -2.22. The number of methoxy groups -OCH3 is 1. The van der Waals surface area contributed by atoms with Crippen LogP contribution >= 0.6 is 0 Å². The number of nitrogen functional groups attached to an aromatic ring is 1. The van der Waals surface area contributed by atoms with Crippen molar-refractivity contribution in [3.8, 4) is 11.8 Å². The lowest BCUT2D eigenvalue weighted by molar-refractivity contribution is -0.127. The summed E-state index contributed by atoms with van der Waals surface area (Å²) in [6.45, 7) is 1.21. The third kappa shape index (κ3) is 4.12. The topological polar surface area (TPSA) is 104 Å². The van der Waals surface area contributed by atoms with Crippen LogP contribution in [0.1, 0.15) is 30.1 Å². The molecule has 4 heterocycles. The minimum Gasteiger partial charge on any atom is -0.383 e. The first-order valence-corrected chi connectivity index (χ1v) is 11.4. The Labute approximate surface area is 213 Å². The van der Waals surface area contributed by atoms with E-state index in [1.807, 2.05) is 0 Å². The van der Waals surface area contributed by atoms with Gasteiger partial charge in [-0.25, -0.2) is 23.7 Å². The Hall–Kier alpha value is -4.44. The zero-order chi connectivity index (χ0) is 27.1. The summed E-state index contributed by atoms with van der Waals surface area (Å²) in [6, 6.07) is 0.335. The van der Waals surface area contributed by atoms with Crippen molar-refractivity contribution < 1.29 is 27.1 Å². The molecule has 2 atom stereocenters. The molecule has 0 saturated carbocycles. The first-order chi connectivity index (χ1) is 18.2. The SMILES string of the molecule is C=CC(=O)N1C[C@@H](n2cc(C#Cc3c(F)cc4c(ncn4C(F)F)c3F)c3c(N)ncnc32)C[C@@H]1COC. The Morgan fingerprint density at radius 1 is 1.32 bits per heavy atom. The molecule has 1 aliphatic rings. The first-order valence-electron chi connectivity index (χ1n) is 11.4. The van der Waals surface area contributed by atoms with Crippen molar-refractivity contribution >= 4 is 33.8 Å². The molecule has 13 heteroatoms. The molecule has 0 radical (unpaired) electrons. The smallest absolute Gasteiger partial charge is 0.320 e. The second kappa shape index (κ2) is 9.79. The van der Waals surface area contributed by atoms with Gasteiger partial charge in [-0.1, -0.05) is 18.4 Å². The normalized spacial score (nSPS) is 17.4. The minimum absolute atomic E-state index is 0.107. The molecular formula is C25H21F4N7O2. The fourth-order valence-electron chi connectivity index (χ4n) is 4.81. The Morgan fingerprint density at radius 2 is 2.11 bits per heavy atom. The number of aromatic nitrogens is 5. The highest BCUT2D eigenvalue weighted by atomic mass is 19.3. The van der Waals surface area contributed by atoms with Crippen molar-refractivity contribution in [1.82, 2.24) is 29.0 Å². The number of amides is 1. The standard InChI is InChI=1S/C25H21F4N7O2/c1-3-19(37)34-9-14(6-15(34)10-38-2)35-8-13(20-23(30)31-11-32-24(20)35)4-5-16-17(26)7-18-22(21(16)27)33-12-36(18)25(28)29/h3,7-8,11-12,14-15,25H,1,6,9-10H2,2H3,(H2,30,31,32)/t14-,15+/m0/s1. The monoisotopic (exact) mass is 527 g/mol. The number of likely N-dealkylation sites (tertiary alicyclic amines) is 1. The van der Waals surface area contributed by atoms with Gasteiger partial charge in [0.2, 0.25) is 5.91 Å². The molecule has 0 spiro atoms. The van der Waals surface area contributed by atoms with Crippen LogP contribution in [0.2, 0.25) is 0 Å². The van der Waals surface area contributed by atoms with Crippen LogP contribution in [-0.2, 0) is 9.53 Å². The van der Waals surface area contributed by atoms with E-state index in [-0.39, 0.29) is 29.3 Å². The number of carbonyl (C=O) groups is 1. The van der Waals surface area contributed by atoms with E-state index in [1.165, 1.54) is 12.4 Å². The van der Waals surface area contributed by atoms with Crippen molar-refractivity contribution in [2.75, 3.05) is 26.0 Å². The lowest BCUT2D eigenvalue weighted by atomic mass is 10.1. The zero-order valence-corrected chi connectivity index (χ0v) is 20.0. The fourth-order valence-corrected chi connectivity index (χ4v) is 4.81. The van der Waals surface area contributed by atoms with Gasteiger partial charge in [-0.3, -0.25) is 9.36 Å². The second-order valence-corrected chi connectivity index (χ2v) is 8.70. The fraction of sp³-hybridized carbons (Fsp3) is 0.280. The summed E-state index contributed by atoms with van der Waals surface area (Å²) in [5.41, 5.74) is 5.40. The molecule has 196 valence electrons. The Morgan fingerprint density at radius 3 is 2.82 bits per heavy atom. The Balaban J connectivity index is 1.59. The summed E-state index contributed by atoms with van der Waals surface area (Å²) in [7, 11) is 1.55. The number of rotatable bonds is 5. The van der Waals surface area contributed by atoms with Gasteiger partial charge in [0.1, 0.15) is 35.5 Å². The van der Waals surface area contributed by atoms with Crippen LogP contribution in [0.15, 0.2) is 37.6 Å². The number of hydrogen-bond donors (Lipinski definition) is 1. The lowest BCUT2D eigenvalue weighted by Crippen LogP contribution is -2.37. The van der Waals surface area contributed by atoms with Crippen molar-refractivity contribution in [2.24, 2.45) is 0 Å². The van der Waals surface area contributed by atoms with E-state index >= 15 is 4.39 Å². The third-order valence-electron chi connectivity index (χ3n) is 6.54. The van der Waals surface area contributed by atoms with Gasteiger partial charge in [0.05, 0.1) is 40.7 Å². The average Bonchev–Trinajstić information content (AvgIpc) is 3.59. The van der Waals surface area contributed by atoms with Gasteiger partial charge in [-0.2, -0.15) is 8.78 Å². The quantitative estimate of drug-likeness (QED) is 0.242. The van der Waals surface area contributed by atoms with Crippen molar-refractivity contribution in [1.29, 1.82) is 0 Å². The van der Waals surface area contributed by atoms with Crippen LogP contribution in [0.5, 0.6) is 0 Å². The second-order valence-electron chi connectivity index (χ2n) is 8.70. The summed E-state index contributed by atoms with van der Waals surface area (Å²) in [5, 5.41) is 0.376. The molecule has 38 heavy (non-hydrogen) atoms. The number of ether oxygens (including phenoxy) is 1. The van der Waals surface area contributed by atoms with Crippen LogP contribution in [-0.4, -0.2) is 61.2 Å². The number of carbonyl (C=O) groups excluding carboxylic acids is 1. The van der Waals surface area contributed by atoms with Gasteiger partial charge in [0, 0.05) is 25.9 Å². The van der Waals surface area contributed by atoms with E-state index in [1.54, 1.807) is 22.8 Å². The van der Waals surface area contributed by atoms with Gasteiger partial charge in [0.15, 0.2) is 5.82 Å². The molecular weight excluding hydrogens is 506 g/mol. The molecule has 4 aromatic rings. The number of halogens is 4. The summed E-state index contributed by atoms with van der Waals surface area (Å²) >= 11 is 0. The molecule has 5 rings (SSSR count). The maximum atomic E-state index is 15.0. The van der Waals surface area contributed by atoms with E-state index in [0.717, 1.165) is 12.4 Å².